The first-order valence-electron chi connectivity index (χ1n) is 16.0. The third-order valence-corrected chi connectivity index (χ3v) is 21.8. The molecule has 6 aromatic rings. The molecule has 0 amide bonds. The number of hydrogen-bond donors (Lipinski definition) is 0. The van der Waals surface area contributed by atoms with Crippen LogP contribution in [0.3, 0.4) is 0 Å². The van der Waals surface area contributed by atoms with E-state index < -0.39 is 23.1 Å². The van der Waals surface area contributed by atoms with E-state index in [9.17, 15) is 0 Å². The van der Waals surface area contributed by atoms with Crippen LogP contribution in [0.4, 0.5) is 0 Å². The summed E-state index contributed by atoms with van der Waals surface area (Å²) >= 11 is 0. The van der Waals surface area contributed by atoms with Gasteiger partial charge in [0.05, 0.1) is 0 Å². The van der Waals surface area contributed by atoms with Crippen molar-refractivity contribution in [2.45, 2.75) is 19.0 Å². The fourth-order valence-electron chi connectivity index (χ4n) is 7.26. The molecule has 6 aromatic carbocycles. The van der Waals surface area contributed by atoms with Gasteiger partial charge in [0.15, 0.2) is 0 Å². The molecule has 0 N–H and O–H groups in total. The quantitative estimate of drug-likeness (QED) is 0.118. The van der Waals surface area contributed by atoms with Gasteiger partial charge in [0.25, 0.3) is 0 Å². The summed E-state index contributed by atoms with van der Waals surface area (Å²) in [5, 5.41) is 8.99. The molecule has 0 saturated heterocycles. The van der Waals surface area contributed by atoms with E-state index in [4.69, 9.17) is 0 Å². The summed E-state index contributed by atoms with van der Waals surface area (Å²) in [6.45, 7) is 5.16. The minimum atomic E-state index is -2.40. The zero-order chi connectivity index (χ0) is 31.0. The van der Waals surface area contributed by atoms with Gasteiger partial charge in [-0.15, -0.1) is 0 Å². The van der Waals surface area contributed by atoms with Crippen LogP contribution in [0, 0.1) is 0 Å². The van der Waals surface area contributed by atoms with Crippen molar-refractivity contribution in [2.24, 2.45) is 0 Å². The van der Waals surface area contributed by atoms with Gasteiger partial charge in [0, 0.05) is 0 Å². The molecular formula is C42H43P3. The average molecular weight is 641 g/mol. The van der Waals surface area contributed by atoms with Crippen LogP contribution in [-0.2, 0) is 0 Å². The Balaban J connectivity index is 1.62. The van der Waals surface area contributed by atoms with Gasteiger partial charge in [-0.1, -0.05) is 0 Å². The Bertz CT molecular complexity index is 1520. The zero-order valence-corrected chi connectivity index (χ0v) is 29.1. The van der Waals surface area contributed by atoms with Crippen LogP contribution >= 0.6 is 23.1 Å². The van der Waals surface area contributed by atoms with Gasteiger partial charge < -0.3 is 0 Å². The van der Waals surface area contributed by atoms with Gasteiger partial charge in [-0.3, -0.25) is 0 Å². The van der Waals surface area contributed by atoms with Crippen LogP contribution in [0.1, 0.15) is 13.8 Å². The van der Waals surface area contributed by atoms with E-state index in [0.717, 1.165) is 18.5 Å². The number of rotatable bonds is 12. The fraction of sp³-hybridized carbons (Fsp3) is 0.143. The minimum absolute atomic E-state index is 0.0270. The molecule has 0 aliphatic heterocycles. The standard InChI is InChI=1S/C42H43P3/c1-3-45(40-30-18-8-19-31-40,41-32-20-9-21-33-41)42(2,34-43(36-22-10-4-11-23-36)37-24-12-5-13-25-37)35-44(38-26-14-6-15-27-38)39-28-16-7-17-29-39/h4-33,45H,3,34-35H2,1-2H3. The third-order valence-electron chi connectivity index (χ3n) is 9.38. The summed E-state index contributed by atoms with van der Waals surface area (Å²) in [7, 11) is -3.63. The molecule has 0 bridgehead atoms. The van der Waals surface area contributed by atoms with E-state index in [1.165, 1.54) is 21.2 Å². The molecule has 0 aromatic heterocycles. The maximum absolute atomic E-state index is 2.69. The van der Waals surface area contributed by atoms with E-state index in [0.29, 0.717) is 0 Å². The second-order valence-corrected chi connectivity index (χ2v) is 21.4. The second-order valence-electron chi connectivity index (χ2n) is 12.1. The van der Waals surface area contributed by atoms with Crippen LogP contribution in [0.5, 0.6) is 0 Å². The molecule has 0 spiro atoms. The Morgan fingerprint density at radius 2 is 0.644 bits per heavy atom. The molecule has 0 saturated carbocycles. The van der Waals surface area contributed by atoms with Gasteiger partial charge in [0.2, 0.25) is 0 Å². The van der Waals surface area contributed by atoms with Crippen LogP contribution in [0.2, 0.25) is 0 Å². The third kappa shape index (κ3) is 6.76. The summed E-state index contributed by atoms with van der Waals surface area (Å²) in [5.74, 6) is 0. The summed E-state index contributed by atoms with van der Waals surface area (Å²) in [6, 6.07) is 68.6. The molecule has 0 fully saturated rings. The molecule has 0 aliphatic carbocycles. The van der Waals surface area contributed by atoms with E-state index in [1.54, 1.807) is 10.6 Å². The molecule has 0 nitrogen and oxygen atoms in total. The van der Waals surface area contributed by atoms with E-state index in [-0.39, 0.29) is 5.16 Å². The van der Waals surface area contributed by atoms with Crippen LogP contribution in [0.15, 0.2) is 182 Å². The Labute approximate surface area is 273 Å². The predicted octanol–water partition coefficient (Wildman–Crippen LogP) is 8.43. The summed E-state index contributed by atoms with van der Waals surface area (Å²) < 4.78 is 0. The molecule has 6 rings (SSSR count). The van der Waals surface area contributed by atoms with Gasteiger partial charge >= 0.3 is 274 Å². The molecule has 3 heteroatoms. The molecule has 0 unspecified atom stereocenters. The molecule has 0 aliphatic rings. The van der Waals surface area contributed by atoms with E-state index >= 15 is 0 Å². The number of hydrogen-bond acceptors (Lipinski definition) is 0. The monoisotopic (exact) mass is 640 g/mol. The first-order chi connectivity index (χ1) is 22.1. The van der Waals surface area contributed by atoms with Crippen molar-refractivity contribution < 1.29 is 0 Å². The van der Waals surface area contributed by atoms with Crippen molar-refractivity contribution in [1.82, 2.24) is 0 Å². The average Bonchev–Trinajstić information content (AvgIpc) is 3.13. The van der Waals surface area contributed by atoms with Crippen molar-refractivity contribution in [1.29, 1.82) is 0 Å². The van der Waals surface area contributed by atoms with Gasteiger partial charge in [-0.25, -0.2) is 0 Å². The van der Waals surface area contributed by atoms with Crippen LogP contribution in [0.25, 0.3) is 0 Å². The topological polar surface area (TPSA) is 0 Å². The van der Waals surface area contributed by atoms with Crippen molar-refractivity contribution in [3.8, 4) is 0 Å². The van der Waals surface area contributed by atoms with Crippen molar-refractivity contribution in [2.75, 3.05) is 18.5 Å². The van der Waals surface area contributed by atoms with Crippen molar-refractivity contribution in [3.63, 3.8) is 0 Å². The molecule has 45 heavy (non-hydrogen) atoms. The summed E-state index contributed by atoms with van der Waals surface area (Å²) in [6.07, 6.45) is 3.43. The normalized spacial score (nSPS) is 12.4. The molecule has 226 valence electrons. The fourth-order valence-corrected chi connectivity index (χ4v) is 20.5. The van der Waals surface area contributed by atoms with E-state index in [1.807, 2.05) is 0 Å². The predicted molar refractivity (Wildman–Crippen MR) is 207 cm³/mol. The molecule has 0 heterocycles. The Morgan fingerprint density at radius 1 is 0.400 bits per heavy atom. The van der Waals surface area contributed by atoms with Gasteiger partial charge in [-0.2, -0.15) is 0 Å². The Kier molecular flexibility index (Phi) is 10.4. The SMILES string of the molecule is CC[PH](c1ccccc1)(c1ccccc1)C(C)(CP(c1ccccc1)c1ccccc1)CP(c1ccccc1)c1ccccc1. The Morgan fingerprint density at radius 3 is 0.889 bits per heavy atom. The van der Waals surface area contributed by atoms with E-state index in [2.05, 4.69) is 196 Å². The molecule has 0 atom stereocenters. The summed E-state index contributed by atoms with van der Waals surface area (Å²) in [5.41, 5.74) is 0. The summed E-state index contributed by atoms with van der Waals surface area (Å²) in [4.78, 5) is 0. The first kappa shape index (κ1) is 31.6. The second kappa shape index (κ2) is 14.8. The molecular weight excluding hydrogens is 597 g/mol. The van der Waals surface area contributed by atoms with Gasteiger partial charge in [0.1, 0.15) is 0 Å². The molecule has 0 radical (unpaired) electrons. The maximum atomic E-state index is 2.69. The Hall–Kier alpha value is -3.39. The first-order valence-corrected chi connectivity index (χ1v) is 21.3. The van der Waals surface area contributed by atoms with Crippen LogP contribution in [-0.4, -0.2) is 23.6 Å². The van der Waals surface area contributed by atoms with Crippen LogP contribution < -0.4 is 31.8 Å². The van der Waals surface area contributed by atoms with Gasteiger partial charge in [-0.05, 0) is 0 Å². The van der Waals surface area contributed by atoms with Crippen molar-refractivity contribution >= 4 is 54.9 Å². The van der Waals surface area contributed by atoms with Crippen molar-refractivity contribution in [3.05, 3.63) is 182 Å². The zero-order valence-electron chi connectivity index (χ0n) is 26.3. The number of benzene rings is 6.